The summed E-state index contributed by atoms with van der Waals surface area (Å²) >= 11 is 3.31. The number of benzene rings is 2. The fourth-order valence-corrected chi connectivity index (χ4v) is 2.67. The van der Waals surface area contributed by atoms with Gasteiger partial charge >= 0.3 is 5.97 Å². The molecule has 0 bridgehead atoms. The van der Waals surface area contributed by atoms with E-state index in [0.29, 0.717) is 11.3 Å². The summed E-state index contributed by atoms with van der Waals surface area (Å²) in [4.78, 5) is 23.7. The third kappa shape index (κ3) is 6.30. The first-order valence-corrected chi connectivity index (χ1v) is 9.23. The van der Waals surface area contributed by atoms with E-state index in [1.165, 1.54) is 5.56 Å². The van der Waals surface area contributed by atoms with Crippen molar-refractivity contribution in [3.8, 4) is 5.75 Å². The largest absolute Gasteiger partial charge is 0.493 e. The van der Waals surface area contributed by atoms with Crippen LogP contribution in [-0.4, -0.2) is 25.0 Å². The Labute approximate surface area is 162 Å². The van der Waals surface area contributed by atoms with E-state index in [-0.39, 0.29) is 30.8 Å². The van der Waals surface area contributed by atoms with Crippen molar-refractivity contribution in [3.63, 3.8) is 0 Å². The van der Waals surface area contributed by atoms with Crippen LogP contribution in [0.1, 0.15) is 43.1 Å². The molecule has 0 aliphatic carbocycles. The van der Waals surface area contributed by atoms with Crippen LogP contribution < -0.4 is 4.74 Å². The van der Waals surface area contributed by atoms with Crippen molar-refractivity contribution < 1.29 is 19.1 Å². The van der Waals surface area contributed by atoms with Crippen LogP contribution in [0.4, 0.5) is 0 Å². The second kappa shape index (κ2) is 8.99. The minimum absolute atomic E-state index is 0.0865. The van der Waals surface area contributed by atoms with E-state index in [1.807, 2.05) is 30.3 Å². The van der Waals surface area contributed by atoms with Crippen molar-refractivity contribution in [2.24, 2.45) is 0 Å². The second-order valence-corrected chi connectivity index (χ2v) is 7.88. The predicted octanol–water partition coefficient (Wildman–Crippen LogP) is 4.94. The Morgan fingerprint density at radius 3 is 2.35 bits per heavy atom. The highest BCUT2D eigenvalue weighted by molar-refractivity contribution is 9.10. The summed E-state index contributed by atoms with van der Waals surface area (Å²) in [7, 11) is 0. The zero-order valence-corrected chi connectivity index (χ0v) is 16.8. The molecule has 0 aliphatic rings. The second-order valence-electron chi connectivity index (χ2n) is 6.97. The van der Waals surface area contributed by atoms with Crippen molar-refractivity contribution >= 4 is 27.7 Å². The van der Waals surface area contributed by atoms with Gasteiger partial charge in [-0.1, -0.05) is 61.0 Å². The standard InChI is InChI=1S/C21H23BrO4/c1-21(2,3)16-7-9-18(10-8-16)25-12-11-20(24)26-14-19(23)15-5-4-6-17(22)13-15/h4-10,13H,11-12,14H2,1-3H3. The molecule has 0 saturated carbocycles. The van der Waals surface area contributed by atoms with Gasteiger partial charge in [0, 0.05) is 10.0 Å². The molecular formula is C21H23BrO4. The molecule has 26 heavy (non-hydrogen) atoms. The van der Waals surface area contributed by atoms with Crippen molar-refractivity contribution in [1.82, 2.24) is 0 Å². The summed E-state index contributed by atoms with van der Waals surface area (Å²) in [5.74, 6) is 0.00834. The first-order valence-electron chi connectivity index (χ1n) is 8.43. The number of esters is 1. The van der Waals surface area contributed by atoms with E-state index in [0.717, 1.165) is 4.47 Å². The lowest BCUT2D eigenvalue weighted by Gasteiger charge is -2.19. The third-order valence-corrected chi connectivity index (χ3v) is 4.30. The molecule has 138 valence electrons. The molecule has 0 fully saturated rings. The highest BCUT2D eigenvalue weighted by Gasteiger charge is 2.13. The van der Waals surface area contributed by atoms with Crippen molar-refractivity contribution in [2.75, 3.05) is 13.2 Å². The molecule has 2 aromatic carbocycles. The van der Waals surface area contributed by atoms with E-state index in [2.05, 4.69) is 36.7 Å². The van der Waals surface area contributed by atoms with Crippen molar-refractivity contribution in [1.29, 1.82) is 0 Å². The number of carbonyl (C=O) groups excluding carboxylic acids is 2. The maximum Gasteiger partial charge on any atom is 0.309 e. The van der Waals surface area contributed by atoms with Gasteiger partial charge in [-0.3, -0.25) is 9.59 Å². The number of carbonyl (C=O) groups is 2. The van der Waals surface area contributed by atoms with Crippen LogP contribution in [0.15, 0.2) is 53.0 Å². The number of ether oxygens (including phenoxy) is 2. The van der Waals surface area contributed by atoms with E-state index >= 15 is 0 Å². The summed E-state index contributed by atoms with van der Waals surface area (Å²) in [5, 5.41) is 0. The monoisotopic (exact) mass is 418 g/mol. The van der Waals surface area contributed by atoms with E-state index in [9.17, 15) is 9.59 Å². The Bertz CT molecular complexity index is 760. The Morgan fingerprint density at radius 2 is 1.73 bits per heavy atom. The molecule has 0 heterocycles. The molecule has 0 aliphatic heterocycles. The normalized spacial score (nSPS) is 11.1. The first kappa shape index (κ1) is 20.2. The Hall–Kier alpha value is -2.14. The predicted molar refractivity (Wildman–Crippen MR) is 105 cm³/mol. The maximum absolute atomic E-state index is 12.0. The number of halogens is 1. The van der Waals surface area contributed by atoms with Gasteiger partial charge in [0.2, 0.25) is 0 Å². The van der Waals surface area contributed by atoms with Crippen molar-refractivity contribution in [3.05, 3.63) is 64.1 Å². The van der Waals surface area contributed by atoms with Crippen LogP contribution in [0, 0.1) is 0 Å². The molecular weight excluding hydrogens is 396 g/mol. The van der Waals surface area contributed by atoms with Gasteiger partial charge in [0.1, 0.15) is 5.75 Å². The molecule has 0 aromatic heterocycles. The average Bonchev–Trinajstić information content (AvgIpc) is 2.59. The van der Waals surface area contributed by atoms with Crippen LogP contribution in [0.3, 0.4) is 0 Å². The first-order chi connectivity index (χ1) is 12.3. The molecule has 0 radical (unpaired) electrons. The number of ketones is 1. The number of rotatable bonds is 7. The van der Waals surface area contributed by atoms with Crippen LogP contribution >= 0.6 is 15.9 Å². The Kier molecular flexibility index (Phi) is 6.98. The van der Waals surface area contributed by atoms with Crippen LogP contribution in [0.5, 0.6) is 5.75 Å². The van der Waals surface area contributed by atoms with E-state index in [4.69, 9.17) is 9.47 Å². The zero-order chi connectivity index (χ0) is 19.2. The summed E-state index contributed by atoms with van der Waals surface area (Å²) in [6.45, 7) is 6.38. The summed E-state index contributed by atoms with van der Waals surface area (Å²) in [6, 6.07) is 14.8. The summed E-state index contributed by atoms with van der Waals surface area (Å²) in [5.41, 5.74) is 1.81. The Balaban J connectivity index is 1.73. The topological polar surface area (TPSA) is 52.6 Å². The molecule has 5 heteroatoms. The molecule has 0 amide bonds. The van der Waals surface area contributed by atoms with Gasteiger partial charge in [0.05, 0.1) is 13.0 Å². The van der Waals surface area contributed by atoms with Gasteiger partial charge < -0.3 is 9.47 Å². The van der Waals surface area contributed by atoms with Crippen molar-refractivity contribution in [2.45, 2.75) is 32.6 Å². The SMILES string of the molecule is CC(C)(C)c1ccc(OCCC(=O)OCC(=O)c2cccc(Br)c2)cc1. The van der Waals surface area contributed by atoms with Crippen LogP contribution in [-0.2, 0) is 14.9 Å². The highest BCUT2D eigenvalue weighted by Crippen LogP contribution is 2.24. The third-order valence-electron chi connectivity index (χ3n) is 3.81. The molecule has 0 N–H and O–H groups in total. The average molecular weight is 419 g/mol. The molecule has 0 unspecified atom stereocenters. The maximum atomic E-state index is 12.0. The van der Waals surface area contributed by atoms with Gasteiger partial charge in [-0.05, 0) is 35.2 Å². The molecule has 0 atom stereocenters. The quantitative estimate of drug-likeness (QED) is 0.471. The molecule has 2 rings (SSSR count). The van der Waals surface area contributed by atoms with Gasteiger partial charge in [0.15, 0.2) is 12.4 Å². The highest BCUT2D eigenvalue weighted by atomic mass is 79.9. The number of Topliss-reactive ketones (excluding diaryl/α,β-unsaturated/α-hetero) is 1. The van der Waals surface area contributed by atoms with Gasteiger partial charge in [0.25, 0.3) is 0 Å². The molecule has 2 aromatic rings. The van der Waals surface area contributed by atoms with E-state index in [1.54, 1.807) is 18.2 Å². The smallest absolute Gasteiger partial charge is 0.309 e. The fraction of sp³-hybridized carbons (Fsp3) is 0.333. The molecule has 0 spiro atoms. The summed E-state index contributed by atoms with van der Waals surface area (Å²) < 4.78 is 11.4. The van der Waals surface area contributed by atoms with Gasteiger partial charge in [-0.2, -0.15) is 0 Å². The number of hydrogen-bond acceptors (Lipinski definition) is 4. The lowest BCUT2D eigenvalue weighted by atomic mass is 9.87. The minimum Gasteiger partial charge on any atom is -0.493 e. The lowest BCUT2D eigenvalue weighted by molar-refractivity contribution is -0.143. The van der Waals surface area contributed by atoms with Crippen LogP contribution in [0.2, 0.25) is 0 Å². The Morgan fingerprint density at radius 1 is 1.04 bits per heavy atom. The van der Waals surface area contributed by atoms with Crippen LogP contribution in [0.25, 0.3) is 0 Å². The van der Waals surface area contributed by atoms with E-state index < -0.39 is 5.97 Å². The van der Waals surface area contributed by atoms with Gasteiger partial charge in [-0.25, -0.2) is 0 Å². The lowest BCUT2D eigenvalue weighted by Crippen LogP contribution is -2.16. The van der Waals surface area contributed by atoms with Gasteiger partial charge in [-0.15, -0.1) is 0 Å². The fourth-order valence-electron chi connectivity index (χ4n) is 2.27. The minimum atomic E-state index is -0.459. The zero-order valence-electron chi connectivity index (χ0n) is 15.3. The summed E-state index contributed by atoms with van der Waals surface area (Å²) in [6.07, 6.45) is 0.0901. The number of hydrogen-bond donors (Lipinski definition) is 0. The molecule has 4 nitrogen and oxygen atoms in total. The molecule has 0 saturated heterocycles.